The fraction of sp³-hybridized carbons (Fsp3) is 0.0526. The number of H-pyrrole nitrogens is 1. The minimum Gasteiger partial charge on any atom is -0.324 e. The van der Waals surface area contributed by atoms with Crippen LogP contribution in [0.4, 0.5) is 23.9 Å². The van der Waals surface area contributed by atoms with Crippen molar-refractivity contribution in [3.8, 4) is 11.1 Å². The monoisotopic (exact) mass is 385 g/mol. The third-order valence-electron chi connectivity index (χ3n) is 4.11. The molecule has 1 aliphatic heterocycles. The standard InChI is InChI=1S/C19H14F3N5O/c20-19(21,22)14-5-3-4-12(10-14)13-6-7-15-16(11-13)25-17(24-15)26-18(28)27-9-2-1-8-23-27/h1-11,23H,(H2,24,25,26,28). The molecule has 2 amide bonds. The number of benzene rings is 2. The van der Waals surface area contributed by atoms with Crippen LogP contribution in [0.2, 0.25) is 0 Å². The molecular formula is C19H14F3N5O. The molecule has 4 rings (SSSR count). The Bertz CT molecular complexity index is 1100. The minimum absolute atomic E-state index is 0.228. The highest BCUT2D eigenvalue weighted by Gasteiger charge is 2.30. The molecule has 9 heteroatoms. The lowest BCUT2D eigenvalue weighted by atomic mass is 10.0. The van der Waals surface area contributed by atoms with Crippen LogP contribution >= 0.6 is 0 Å². The van der Waals surface area contributed by atoms with Crippen LogP contribution in [0.3, 0.4) is 0 Å². The Kier molecular flexibility index (Phi) is 4.26. The molecule has 0 saturated heterocycles. The second-order valence-corrected chi connectivity index (χ2v) is 6.03. The first kappa shape index (κ1) is 17.7. The fourth-order valence-electron chi connectivity index (χ4n) is 2.77. The highest BCUT2D eigenvalue weighted by atomic mass is 19.4. The number of urea groups is 1. The van der Waals surface area contributed by atoms with Gasteiger partial charge in [0.05, 0.1) is 16.6 Å². The van der Waals surface area contributed by atoms with Crippen LogP contribution in [-0.4, -0.2) is 21.0 Å². The molecular weight excluding hydrogens is 371 g/mol. The van der Waals surface area contributed by atoms with E-state index in [1.807, 2.05) is 0 Å². The maximum Gasteiger partial charge on any atom is 0.416 e. The van der Waals surface area contributed by atoms with Gasteiger partial charge in [0.15, 0.2) is 0 Å². The van der Waals surface area contributed by atoms with E-state index in [4.69, 9.17) is 0 Å². The highest BCUT2D eigenvalue weighted by Crippen LogP contribution is 2.32. The lowest BCUT2D eigenvalue weighted by Gasteiger charge is -2.19. The second kappa shape index (κ2) is 6.76. The summed E-state index contributed by atoms with van der Waals surface area (Å²) in [4.78, 5) is 19.4. The lowest BCUT2D eigenvalue weighted by molar-refractivity contribution is -0.137. The minimum atomic E-state index is -4.41. The highest BCUT2D eigenvalue weighted by molar-refractivity contribution is 5.91. The maximum atomic E-state index is 12.9. The van der Waals surface area contributed by atoms with E-state index >= 15 is 0 Å². The molecule has 0 unspecified atom stereocenters. The fourth-order valence-corrected chi connectivity index (χ4v) is 2.77. The Morgan fingerprint density at radius 1 is 1.07 bits per heavy atom. The molecule has 28 heavy (non-hydrogen) atoms. The number of hydrogen-bond donors (Lipinski definition) is 3. The van der Waals surface area contributed by atoms with Crippen LogP contribution in [0.25, 0.3) is 22.2 Å². The quantitative estimate of drug-likeness (QED) is 0.602. The largest absolute Gasteiger partial charge is 0.416 e. The van der Waals surface area contributed by atoms with Gasteiger partial charge in [-0.15, -0.1) is 0 Å². The number of carbonyl (C=O) groups excluding carboxylic acids is 1. The van der Waals surface area contributed by atoms with Crippen LogP contribution in [0.5, 0.6) is 0 Å². The molecule has 0 atom stereocenters. The Labute approximate surface area is 157 Å². The first-order chi connectivity index (χ1) is 13.4. The number of nitrogens with zero attached hydrogens (tertiary/aromatic N) is 2. The molecule has 0 bridgehead atoms. The summed E-state index contributed by atoms with van der Waals surface area (Å²) < 4.78 is 38.8. The van der Waals surface area contributed by atoms with Crippen LogP contribution in [0.15, 0.2) is 67.0 Å². The molecule has 0 spiro atoms. The zero-order valence-corrected chi connectivity index (χ0v) is 14.3. The van der Waals surface area contributed by atoms with Gasteiger partial charge in [-0.25, -0.2) is 14.8 Å². The van der Waals surface area contributed by atoms with Crippen molar-refractivity contribution < 1.29 is 18.0 Å². The number of imidazole rings is 1. The number of anilines is 1. The van der Waals surface area contributed by atoms with Crippen molar-refractivity contribution in [2.24, 2.45) is 0 Å². The number of halogens is 3. The van der Waals surface area contributed by atoms with E-state index in [9.17, 15) is 18.0 Å². The van der Waals surface area contributed by atoms with Gasteiger partial charge in [-0.05, 0) is 47.5 Å². The van der Waals surface area contributed by atoms with Crippen LogP contribution in [0, 0.1) is 0 Å². The number of hydrogen-bond acceptors (Lipinski definition) is 3. The van der Waals surface area contributed by atoms with Gasteiger partial charge in [-0.1, -0.05) is 18.2 Å². The number of rotatable bonds is 2. The van der Waals surface area contributed by atoms with E-state index < -0.39 is 17.8 Å². The van der Waals surface area contributed by atoms with E-state index in [2.05, 4.69) is 20.7 Å². The summed E-state index contributed by atoms with van der Waals surface area (Å²) in [5.41, 5.74) is 4.24. The van der Waals surface area contributed by atoms with Gasteiger partial charge < -0.3 is 4.98 Å². The molecule has 2 aromatic carbocycles. The maximum absolute atomic E-state index is 12.9. The summed E-state index contributed by atoms with van der Waals surface area (Å²) in [6.07, 6.45) is 2.16. The van der Waals surface area contributed by atoms with Gasteiger partial charge in [0.1, 0.15) is 0 Å². The molecule has 142 valence electrons. The van der Waals surface area contributed by atoms with Crippen molar-refractivity contribution in [1.29, 1.82) is 0 Å². The van der Waals surface area contributed by atoms with Crippen LogP contribution in [-0.2, 0) is 6.18 Å². The number of aromatic amines is 1. The van der Waals surface area contributed by atoms with Gasteiger partial charge in [0, 0.05) is 12.4 Å². The third kappa shape index (κ3) is 3.54. The van der Waals surface area contributed by atoms with Gasteiger partial charge in [-0.3, -0.25) is 10.7 Å². The topological polar surface area (TPSA) is 73.0 Å². The Hall–Kier alpha value is -3.75. The van der Waals surface area contributed by atoms with Gasteiger partial charge >= 0.3 is 12.2 Å². The summed E-state index contributed by atoms with van der Waals surface area (Å²) >= 11 is 0. The van der Waals surface area contributed by atoms with Crippen LogP contribution < -0.4 is 10.7 Å². The number of allylic oxidation sites excluding steroid dienone is 2. The smallest absolute Gasteiger partial charge is 0.324 e. The summed E-state index contributed by atoms with van der Waals surface area (Å²) in [6.45, 7) is 0. The van der Waals surface area contributed by atoms with Crippen molar-refractivity contribution in [1.82, 2.24) is 20.4 Å². The predicted molar refractivity (Wildman–Crippen MR) is 98.8 cm³/mol. The summed E-state index contributed by atoms with van der Waals surface area (Å²) in [7, 11) is 0. The lowest BCUT2D eigenvalue weighted by Crippen LogP contribution is -2.39. The van der Waals surface area contributed by atoms with Crippen molar-refractivity contribution >= 4 is 23.0 Å². The van der Waals surface area contributed by atoms with E-state index in [1.54, 1.807) is 48.8 Å². The molecule has 0 aliphatic carbocycles. The van der Waals surface area contributed by atoms with Gasteiger partial charge in [-0.2, -0.15) is 13.2 Å². The number of carbonyl (C=O) groups is 1. The molecule has 0 fully saturated rings. The molecule has 3 aromatic rings. The molecule has 1 aromatic heterocycles. The molecule has 1 aliphatic rings. The average molecular weight is 385 g/mol. The van der Waals surface area contributed by atoms with Gasteiger partial charge in [0.25, 0.3) is 0 Å². The normalized spacial score (nSPS) is 13.6. The SMILES string of the molecule is O=C(Nc1nc2ccc(-c3cccc(C(F)(F)F)c3)cc2[nH]1)N1C=CC=CN1. The van der Waals surface area contributed by atoms with Crippen molar-refractivity contribution in [3.05, 3.63) is 72.6 Å². The Morgan fingerprint density at radius 3 is 2.64 bits per heavy atom. The predicted octanol–water partition coefficient (Wildman–Crippen LogP) is 4.63. The second-order valence-electron chi connectivity index (χ2n) is 6.03. The number of hydrazine groups is 1. The number of fused-ring (bicyclic) bond motifs is 1. The number of amides is 2. The molecule has 3 N–H and O–H groups in total. The van der Waals surface area contributed by atoms with Crippen molar-refractivity contribution in [3.63, 3.8) is 0 Å². The van der Waals surface area contributed by atoms with E-state index in [1.165, 1.54) is 11.1 Å². The zero-order chi connectivity index (χ0) is 19.7. The van der Waals surface area contributed by atoms with E-state index in [0.717, 1.165) is 12.1 Å². The first-order valence-corrected chi connectivity index (χ1v) is 8.27. The molecule has 0 radical (unpaired) electrons. The molecule has 2 heterocycles. The molecule has 0 saturated carbocycles. The number of nitrogens with one attached hydrogen (secondary N) is 3. The summed E-state index contributed by atoms with van der Waals surface area (Å²) in [5, 5.41) is 3.85. The number of alkyl halides is 3. The zero-order valence-electron chi connectivity index (χ0n) is 14.3. The van der Waals surface area contributed by atoms with E-state index in [0.29, 0.717) is 22.2 Å². The molecule has 6 nitrogen and oxygen atoms in total. The summed E-state index contributed by atoms with van der Waals surface area (Å²) in [5.74, 6) is 0.228. The van der Waals surface area contributed by atoms with Gasteiger partial charge in [0.2, 0.25) is 5.95 Å². The average Bonchev–Trinajstić information content (AvgIpc) is 3.09. The van der Waals surface area contributed by atoms with Crippen molar-refractivity contribution in [2.75, 3.05) is 5.32 Å². The third-order valence-corrected chi connectivity index (χ3v) is 4.11. The van der Waals surface area contributed by atoms with Crippen molar-refractivity contribution in [2.45, 2.75) is 6.18 Å². The number of aromatic nitrogens is 2. The summed E-state index contributed by atoms with van der Waals surface area (Å²) in [6, 6.07) is 9.72. The van der Waals surface area contributed by atoms with Crippen LogP contribution in [0.1, 0.15) is 5.56 Å². The van der Waals surface area contributed by atoms with E-state index in [-0.39, 0.29) is 5.95 Å². The Morgan fingerprint density at radius 2 is 1.89 bits per heavy atom. The first-order valence-electron chi connectivity index (χ1n) is 8.27. The Balaban J connectivity index is 1.59.